The quantitative estimate of drug-likeness (QED) is 0.407. The summed E-state index contributed by atoms with van der Waals surface area (Å²) in [6.07, 6.45) is 7.26. The molecule has 0 unspecified atom stereocenters. The lowest BCUT2D eigenvalue weighted by Crippen LogP contribution is -2.26. The molecule has 0 heterocycles. The van der Waals surface area contributed by atoms with Crippen molar-refractivity contribution in [3.63, 3.8) is 0 Å². The van der Waals surface area contributed by atoms with Crippen molar-refractivity contribution in [1.29, 1.82) is 0 Å². The minimum absolute atomic E-state index is 0.193. The van der Waals surface area contributed by atoms with Crippen LogP contribution in [0.5, 0.6) is 0 Å². The molecule has 0 radical (unpaired) electrons. The van der Waals surface area contributed by atoms with E-state index >= 15 is 0 Å². The van der Waals surface area contributed by atoms with Crippen molar-refractivity contribution in [2.75, 3.05) is 13.7 Å². The minimum Gasteiger partial charge on any atom is -0.461 e. The van der Waals surface area contributed by atoms with Gasteiger partial charge in [-0.15, -0.1) is 0 Å². The molecule has 0 rings (SSSR count). The van der Waals surface area contributed by atoms with Gasteiger partial charge in [-0.05, 0) is 40.0 Å². The first-order valence-electron chi connectivity index (χ1n) is 7.22. The van der Waals surface area contributed by atoms with Crippen LogP contribution in [0.15, 0.2) is 23.3 Å². The molecule has 4 nitrogen and oxygen atoms in total. The fourth-order valence-electron chi connectivity index (χ4n) is 1.60. The molecule has 0 aliphatic rings. The summed E-state index contributed by atoms with van der Waals surface area (Å²) in [6, 6.07) is 0. The largest absolute Gasteiger partial charge is 0.461 e. The van der Waals surface area contributed by atoms with E-state index in [0.717, 1.165) is 26.4 Å². The van der Waals surface area contributed by atoms with Gasteiger partial charge >= 0.3 is 11.9 Å². The highest BCUT2D eigenvalue weighted by atomic mass is 16.6. The number of carbonyl (C=O) groups is 2. The molecule has 0 fully saturated rings. The summed E-state index contributed by atoms with van der Waals surface area (Å²) in [7, 11) is 1.16. The Bertz CT molecular complexity index is 413. The molecule has 0 saturated heterocycles. The van der Waals surface area contributed by atoms with E-state index in [1.54, 1.807) is 0 Å². The highest BCUT2D eigenvalue weighted by Gasteiger charge is 2.22. The lowest BCUT2D eigenvalue weighted by Gasteiger charge is -2.22. The fraction of sp³-hybridized carbons (Fsp3) is 0.647. The van der Waals surface area contributed by atoms with Crippen molar-refractivity contribution >= 4 is 11.9 Å². The fourth-order valence-corrected chi connectivity index (χ4v) is 1.60. The second-order valence-corrected chi connectivity index (χ2v) is 6.31. The first kappa shape index (κ1) is 19.4. The number of carbonyl (C=O) groups excluding carboxylic acids is 2. The monoisotopic (exact) mass is 296 g/mol. The Hall–Kier alpha value is -1.58. The van der Waals surface area contributed by atoms with Crippen molar-refractivity contribution in [2.45, 2.75) is 53.9 Å². The maximum absolute atomic E-state index is 11.2. The van der Waals surface area contributed by atoms with E-state index < -0.39 is 11.9 Å². The number of hydrogen-bond donors (Lipinski definition) is 0. The van der Waals surface area contributed by atoms with Gasteiger partial charge in [-0.1, -0.05) is 37.1 Å². The molecule has 0 spiro atoms. The molecule has 0 bridgehead atoms. The smallest absolute Gasteiger partial charge is 0.417 e. The van der Waals surface area contributed by atoms with Gasteiger partial charge in [0.25, 0.3) is 0 Å². The molecule has 120 valence electrons. The molecule has 0 aromatic heterocycles. The van der Waals surface area contributed by atoms with Crippen LogP contribution in [0.1, 0.15) is 53.9 Å². The molecule has 0 amide bonds. The lowest BCUT2D eigenvalue weighted by molar-refractivity contribution is -0.167. The van der Waals surface area contributed by atoms with Crippen LogP contribution >= 0.6 is 0 Å². The molecule has 0 saturated carbocycles. The standard InChI is InChI=1S/C17H28O4/c1-13(2)8-7-9-14(3)10-11-17(4,5)12-21-16(19)15(18)20-6/h8,10H,7,9,11-12H2,1-6H3/b14-10-. The first-order valence-corrected chi connectivity index (χ1v) is 7.22. The van der Waals surface area contributed by atoms with Crippen LogP contribution in [-0.4, -0.2) is 25.7 Å². The first-order chi connectivity index (χ1) is 9.68. The molecule has 4 heteroatoms. The molecule has 0 atom stereocenters. The van der Waals surface area contributed by atoms with Crippen LogP contribution in [0.25, 0.3) is 0 Å². The molecule has 0 aliphatic heterocycles. The van der Waals surface area contributed by atoms with Crippen LogP contribution in [-0.2, 0) is 19.1 Å². The van der Waals surface area contributed by atoms with Gasteiger partial charge in [0.2, 0.25) is 0 Å². The van der Waals surface area contributed by atoms with Crippen LogP contribution in [0.2, 0.25) is 0 Å². The average molecular weight is 296 g/mol. The van der Waals surface area contributed by atoms with Crippen molar-refractivity contribution in [2.24, 2.45) is 5.41 Å². The van der Waals surface area contributed by atoms with E-state index in [4.69, 9.17) is 4.74 Å². The Labute approximate surface area is 128 Å². The van der Waals surface area contributed by atoms with Gasteiger partial charge in [0, 0.05) is 5.41 Å². The highest BCUT2D eigenvalue weighted by Crippen LogP contribution is 2.23. The third-order valence-electron chi connectivity index (χ3n) is 3.04. The third kappa shape index (κ3) is 9.88. The van der Waals surface area contributed by atoms with E-state index in [1.807, 2.05) is 13.8 Å². The maximum Gasteiger partial charge on any atom is 0.417 e. The second-order valence-electron chi connectivity index (χ2n) is 6.31. The molecular weight excluding hydrogens is 268 g/mol. The zero-order valence-electron chi connectivity index (χ0n) is 14.1. The van der Waals surface area contributed by atoms with Crippen LogP contribution < -0.4 is 0 Å². The summed E-state index contributed by atoms with van der Waals surface area (Å²) in [6.45, 7) is 10.5. The Kier molecular flexibility index (Phi) is 8.67. The topological polar surface area (TPSA) is 52.6 Å². The normalized spacial score (nSPS) is 11.8. The summed E-state index contributed by atoms with van der Waals surface area (Å²) in [5.74, 6) is -1.89. The Morgan fingerprint density at radius 2 is 1.67 bits per heavy atom. The van der Waals surface area contributed by atoms with Gasteiger partial charge in [0.1, 0.15) is 0 Å². The average Bonchev–Trinajstić information content (AvgIpc) is 2.41. The maximum atomic E-state index is 11.2. The highest BCUT2D eigenvalue weighted by molar-refractivity contribution is 6.29. The number of hydrogen-bond acceptors (Lipinski definition) is 4. The van der Waals surface area contributed by atoms with Gasteiger partial charge in [0.15, 0.2) is 0 Å². The Morgan fingerprint density at radius 1 is 1.05 bits per heavy atom. The van der Waals surface area contributed by atoms with Gasteiger partial charge in [-0.2, -0.15) is 0 Å². The molecule has 0 aromatic rings. The third-order valence-corrected chi connectivity index (χ3v) is 3.04. The van der Waals surface area contributed by atoms with Gasteiger partial charge in [-0.25, -0.2) is 9.59 Å². The van der Waals surface area contributed by atoms with E-state index in [9.17, 15) is 9.59 Å². The zero-order valence-corrected chi connectivity index (χ0v) is 14.1. The van der Waals surface area contributed by atoms with E-state index in [-0.39, 0.29) is 12.0 Å². The minimum atomic E-state index is -0.959. The summed E-state index contributed by atoms with van der Waals surface area (Å²) in [5.41, 5.74) is 2.44. The van der Waals surface area contributed by atoms with Gasteiger partial charge in [0.05, 0.1) is 13.7 Å². The molecular formula is C17H28O4. The Morgan fingerprint density at radius 3 is 2.19 bits per heavy atom. The molecule has 21 heavy (non-hydrogen) atoms. The molecule has 0 aliphatic carbocycles. The summed E-state index contributed by atoms with van der Waals surface area (Å²) >= 11 is 0. The van der Waals surface area contributed by atoms with E-state index in [2.05, 4.69) is 37.7 Å². The van der Waals surface area contributed by atoms with Gasteiger partial charge < -0.3 is 9.47 Å². The van der Waals surface area contributed by atoms with Crippen LogP contribution in [0, 0.1) is 5.41 Å². The van der Waals surface area contributed by atoms with E-state index in [1.165, 1.54) is 11.1 Å². The zero-order chi connectivity index (χ0) is 16.5. The SMILES string of the molecule is COC(=O)C(=O)OCC(C)(C)C/C=C(/C)CCC=C(C)C. The predicted molar refractivity (Wildman–Crippen MR) is 83.8 cm³/mol. The van der Waals surface area contributed by atoms with Gasteiger partial charge in [-0.3, -0.25) is 0 Å². The lowest BCUT2D eigenvalue weighted by atomic mass is 9.89. The summed E-state index contributed by atoms with van der Waals surface area (Å²) < 4.78 is 9.26. The summed E-state index contributed by atoms with van der Waals surface area (Å²) in [5, 5.41) is 0. The van der Waals surface area contributed by atoms with Crippen molar-refractivity contribution in [3.05, 3.63) is 23.3 Å². The number of allylic oxidation sites excluding steroid dienone is 4. The van der Waals surface area contributed by atoms with Crippen molar-refractivity contribution in [1.82, 2.24) is 0 Å². The summed E-state index contributed by atoms with van der Waals surface area (Å²) in [4.78, 5) is 22.2. The second kappa shape index (κ2) is 9.37. The number of ether oxygens (including phenoxy) is 2. The van der Waals surface area contributed by atoms with Crippen molar-refractivity contribution in [3.8, 4) is 0 Å². The van der Waals surface area contributed by atoms with Crippen molar-refractivity contribution < 1.29 is 19.1 Å². The molecule has 0 aromatic carbocycles. The predicted octanol–water partition coefficient (Wildman–Crippen LogP) is 3.81. The van der Waals surface area contributed by atoms with Crippen LogP contribution in [0.4, 0.5) is 0 Å². The number of rotatable bonds is 7. The Balaban J connectivity index is 4.25. The number of esters is 2. The van der Waals surface area contributed by atoms with Crippen LogP contribution in [0.3, 0.4) is 0 Å². The number of methoxy groups -OCH3 is 1. The van der Waals surface area contributed by atoms with E-state index in [0.29, 0.717) is 0 Å². The molecule has 0 N–H and O–H groups in total.